The number of rotatable bonds is 2. The van der Waals surface area contributed by atoms with E-state index in [-0.39, 0.29) is 17.6 Å². The standard InChI is InChI=1S/C16H10BrNO3/c1-9(19)10-6-7-13(17)14(8-10)18-15(20)11-4-2-3-5-12(11)16(18)21/h2-8H,1H3. The van der Waals surface area contributed by atoms with Crippen molar-refractivity contribution in [3.05, 3.63) is 63.6 Å². The summed E-state index contributed by atoms with van der Waals surface area (Å²) in [7, 11) is 0. The van der Waals surface area contributed by atoms with Crippen LogP contribution in [0.5, 0.6) is 0 Å². The van der Waals surface area contributed by atoms with Crippen molar-refractivity contribution in [3.63, 3.8) is 0 Å². The molecule has 1 aliphatic heterocycles. The molecule has 0 atom stereocenters. The van der Waals surface area contributed by atoms with E-state index >= 15 is 0 Å². The largest absolute Gasteiger partial charge is 0.295 e. The van der Waals surface area contributed by atoms with Crippen LogP contribution in [-0.2, 0) is 0 Å². The van der Waals surface area contributed by atoms with E-state index in [2.05, 4.69) is 15.9 Å². The molecule has 1 heterocycles. The van der Waals surface area contributed by atoms with Crippen molar-refractivity contribution in [1.82, 2.24) is 0 Å². The van der Waals surface area contributed by atoms with Crippen LogP contribution >= 0.6 is 15.9 Å². The number of halogens is 1. The first kappa shape index (κ1) is 13.7. The molecule has 5 heteroatoms. The van der Waals surface area contributed by atoms with Gasteiger partial charge >= 0.3 is 0 Å². The predicted molar refractivity (Wildman–Crippen MR) is 81.7 cm³/mol. The Balaban J connectivity index is 2.15. The minimum Gasteiger partial charge on any atom is -0.295 e. The van der Waals surface area contributed by atoms with Crippen LogP contribution in [0.1, 0.15) is 38.0 Å². The van der Waals surface area contributed by atoms with Gasteiger partial charge in [-0.15, -0.1) is 0 Å². The topological polar surface area (TPSA) is 54.5 Å². The Morgan fingerprint density at radius 1 is 1.00 bits per heavy atom. The number of hydrogen-bond donors (Lipinski definition) is 0. The van der Waals surface area contributed by atoms with E-state index in [4.69, 9.17) is 0 Å². The molecule has 2 aromatic carbocycles. The molecule has 0 bridgehead atoms. The Morgan fingerprint density at radius 3 is 2.10 bits per heavy atom. The third kappa shape index (κ3) is 2.10. The summed E-state index contributed by atoms with van der Waals surface area (Å²) in [6.45, 7) is 1.44. The van der Waals surface area contributed by atoms with Crippen molar-refractivity contribution in [3.8, 4) is 0 Å². The number of amides is 2. The van der Waals surface area contributed by atoms with Crippen LogP contribution in [-0.4, -0.2) is 17.6 Å². The van der Waals surface area contributed by atoms with Gasteiger partial charge in [-0.05, 0) is 47.1 Å². The molecule has 1 aliphatic rings. The smallest absolute Gasteiger partial charge is 0.266 e. The molecule has 0 saturated heterocycles. The summed E-state index contributed by atoms with van der Waals surface area (Å²) in [5.41, 5.74) is 1.59. The van der Waals surface area contributed by atoms with E-state index < -0.39 is 0 Å². The molecule has 0 aliphatic carbocycles. The number of hydrogen-bond acceptors (Lipinski definition) is 3. The van der Waals surface area contributed by atoms with Crippen LogP contribution in [0.25, 0.3) is 0 Å². The monoisotopic (exact) mass is 343 g/mol. The van der Waals surface area contributed by atoms with Crippen molar-refractivity contribution >= 4 is 39.2 Å². The number of nitrogens with zero attached hydrogens (tertiary/aromatic N) is 1. The summed E-state index contributed by atoms with van der Waals surface area (Å²) in [6, 6.07) is 11.5. The minimum absolute atomic E-state index is 0.125. The summed E-state index contributed by atoms with van der Waals surface area (Å²) in [6.07, 6.45) is 0. The number of carbonyl (C=O) groups is 3. The molecule has 0 unspecified atom stereocenters. The van der Waals surface area contributed by atoms with Gasteiger partial charge in [0.05, 0.1) is 16.8 Å². The average molecular weight is 344 g/mol. The Morgan fingerprint density at radius 2 is 1.57 bits per heavy atom. The normalized spacial score (nSPS) is 13.5. The molecule has 0 fully saturated rings. The predicted octanol–water partition coefficient (Wildman–Crippen LogP) is 3.45. The second-order valence-electron chi connectivity index (χ2n) is 4.71. The van der Waals surface area contributed by atoms with Crippen molar-refractivity contribution in [2.75, 3.05) is 4.90 Å². The third-order valence-corrected chi connectivity index (χ3v) is 4.06. The zero-order valence-electron chi connectivity index (χ0n) is 11.1. The van der Waals surface area contributed by atoms with Gasteiger partial charge in [-0.25, -0.2) is 4.90 Å². The van der Waals surface area contributed by atoms with Gasteiger partial charge in [0, 0.05) is 10.0 Å². The first-order valence-corrected chi connectivity index (χ1v) is 7.08. The summed E-state index contributed by atoms with van der Waals surface area (Å²) >= 11 is 3.33. The maximum Gasteiger partial charge on any atom is 0.266 e. The molecule has 21 heavy (non-hydrogen) atoms. The fourth-order valence-corrected chi connectivity index (χ4v) is 2.73. The highest BCUT2D eigenvalue weighted by Crippen LogP contribution is 2.34. The van der Waals surface area contributed by atoms with Crippen LogP contribution in [0, 0.1) is 0 Å². The quantitative estimate of drug-likeness (QED) is 0.619. The van der Waals surface area contributed by atoms with Gasteiger partial charge in [-0.3, -0.25) is 14.4 Å². The summed E-state index contributed by atoms with van der Waals surface area (Å²) < 4.78 is 0.585. The van der Waals surface area contributed by atoms with Crippen LogP contribution in [0.4, 0.5) is 5.69 Å². The van der Waals surface area contributed by atoms with Gasteiger partial charge in [-0.1, -0.05) is 18.2 Å². The number of Topliss-reactive ketones (excluding diaryl/α,β-unsaturated/α-hetero) is 1. The van der Waals surface area contributed by atoms with Crippen molar-refractivity contribution < 1.29 is 14.4 Å². The average Bonchev–Trinajstić information content (AvgIpc) is 2.72. The molecule has 2 aromatic rings. The lowest BCUT2D eigenvalue weighted by molar-refractivity contribution is 0.0923. The van der Waals surface area contributed by atoms with E-state index in [1.165, 1.54) is 6.92 Å². The van der Waals surface area contributed by atoms with E-state index in [1.54, 1.807) is 42.5 Å². The Labute approximate surface area is 129 Å². The summed E-state index contributed by atoms with van der Waals surface area (Å²) in [5.74, 6) is -0.880. The Bertz CT molecular complexity index is 763. The van der Waals surface area contributed by atoms with Crippen LogP contribution in [0.3, 0.4) is 0 Å². The lowest BCUT2D eigenvalue weighted by Crippen LogP contribution is -2.29. The maximum absolute atomic E-state index is 12.4. The lowest BCUT2D eigenvalue weighted by atomic mass is 10.1. The molecular formula is C16H10BrNO3. The first-order valence-electron chi connectivity index (χ1n) is 6.29. The molecular weight excluding hydrogens is 334 g/mol. The molecule has 4 nitrogen and oxygen atoms in total. The van der Waals surface area contributed by atoms with Crippen LogP contribution in [0.2, 0.25) is 0 Å². The molecule has 0 aromatic heterocycles. The number of anilines is 1. The number of imide groups is 1. The maximum atomic E-state index is 12.4. The van der Waals surface area contributed by atoms with Crippen molar-refractivity contribution in [1.29, 1.82) is 0 Å². The molecule has 3 rings (SSSR count). The van der Waals surface area contributed by atoms with E-state index in [0.29, 0.717) is 26.9 Å². The number of carbonyl (C=O) groups excluding carboxylic acids is 3. The van der Waals surface area contributed by atoms with Gasteiger partial charge in [0.2, 0.25) is 0 Å². The van der Waals surface area contributed by atoms with Gasteiger partial charge in [-0.2, -0.15) is 0 Å². The van der Waals surface area contributed by atoms with Gasteiger partial charge < -0.3 is 0 Å². The number of fused-ring (bicyclic) bond motifs is 1. The van der Waals surface area contributed by atoms with Crippen LogP contribution < -0.4 is 4.90 Å². The van der Waals surface area contributed by atoms with E-state index in [1.807, 2.05) is 0 Å². The van der Waals surface area contributed by atoms with E-state index in [9.17, 15) is 14.4 Å². The lowest BCUT2D eigenvalue weighted by Gasteiger charge is -2.16. The van der Waals surface area contributed by atoms with Crippen LogP contribution in [0.15, 0.2) is 46.9 Å². The SMILES string of the molecule is CC(=O)c1ccc(Br)c(N2C(=O)c3ccccc3C2=O)c1. The highest BCUT2D eigenvalue weighted by atomic mass is 79.9. The van der Waals surface area contributed by atoms with Gasteiger partial charge in [0.25, 0.3) is 11.8 Å². The fourth-order valence-electron chi connectivity index (χ4n) is 2.31. The highest BCUT2D eigenvalue weighted by Gasteiger charge is 2.37. The van der Waals surface area contributed by atoms with Gasteiger partial charge in [0.15, 0.2) is 5.78 Å². The van der Waals surface area contributed by atoms with Crippen molar-refractivity contribution in [2.45, 2.75) is 6.92 Å². The number of benzene rings is 2. The van der Waals surface area contributed by atoms with E-state index in [0.717, 1.165) is 4.90 Å². The Hall–Kier alpha value is -2.27. The second-order valence-corrected chi connectivity index (χ2v) is 5.57. The molecule has 0 radical (unpaired) electrons. The Kier molecular flexibility index (Phi) is 3.22. The molecule has 0 N–H and O–H groups in total. The summed E-state index contributed by atoms with van der Waals surface area (Å²) in [4.78, 5) is 37.5. The summed E-state index contributed by atoms with van der Waals surface area (Å²) in [5, 5.41) is 0. The molecule has 2 amide bonds. The number of ketones is 1. The first-order chi connectivity index (χ1) is 10.0. The molecule has 0 spiro atoms. The van der Waals surface area contributed by atoms with Crippen molar-refractivity contribution in [2.24, 2.45) is 0 Å². The zero-order chi connectivity index (χ0) is 15.1. The zero-order valence-corrected chi connectivity index (χ0v) is 12.7. The highest BCUT2D eigenvalue weighted by molar-refractivity contribution is 9.10. The molecule has 0 saturated carbocycles. The second kappa shape index (κ2) is 4.93. The minimum atomic E-state index is -0.378. The third-order valence-electron chi connectivity index (χ3n) is 3.39. The van der Waals surface area contributed by atoms with Gasteiger partial charge in [0.1, 0.15) is 0 Å². The molecule has 104 valence electrons. The fraction of sp³-hybridized carbons (Fsp3) is 0.0625.